The number of hydrogen-bond donors (Lipinski definition) is 1. The van der Waals surface area contributed by atoms with Gasteiger partial charge in [0.05, 0.1) is 11.4 Å². The largest absolute Gasteiger partial charge is 0.369 e. The number of amides is 1. The fraction of sp³-hybridized carbons (Fsp3) is 0.238. The van der Waals surface area contributed by atoms with E-state index in [0.29, 0.717) is 0 Å². The van der Waals surface area contributed by atoms with E-state index in [0.717, 1.165) is 35.1 Å². The van der Waals surface area contributed by atoms with E-state index in [9.17, 15) is 4.79 Å². The average Bonchev–Trinajstić information content (AvgIpc) is 2.63. The average molecular weight is 331 g/mol. The van der Waals surface area contributed by atoms with Crippen LogP contribution < -0.4 is 10.6 Å². The van der Waals surface area contributed by atoms with Gasteiger partial charge in [-0.25, -0.2) is 0 Å². The second kappa shape index (κ2) is 6.20. The van der Waals surface area contributed by atoms with Gasteiger partial charge >= 0.3 is 0 Å². The van der Waals surface area contributed by atoms with Crippen LogP contribution in [0.5, 0.6) is 0 Å². The van der Waals surface area contributed by atoms with Crippen molar-refractivity contribution in [3.63, 3.8) is 0 Å². The zero-order valence-corrected chi connectivity index (χ0v) is 14.2. The maximum Gasteiger partial charge on any atom is 0.225 e. The molecule has 3 aromatic rings. The van der Waals surface area contributed by atoms with Gasteiger partial charge in [0.1, 0.15) is 0 Å². The minimum Gasteiger partial charge on any atom is -0.369 e. The first kappa shape index (κ1) is 15.6. The molecule has 0 saturated carbocycles. The predicted molar refractivity (Wildman–Crippen MR) is 100 cm³/mol. The molecule has 2 atom stereocenters. The van der Waals surface area contributed by atoms with Gasteiger partial charge in [-0.15, -0.1) is 0 Å². The molecule has 4 rings (SSSR count). The summed E-state index contributed by atoms with van der Waals surface area (Å²) in [6.45, 7) is 2.92. The predicted octanol–water partition coefficient (Wildman–Crippen LogP) is 3.60. The molecule has 1 aliphatic rings. The molecule has 0 radical (unpaired) electrons. The molecular weight excluding hydrogens is 310 g/mol. The highest BCUT2D eigenvalue weighted by Gasteiger charge is 2.33. The number of para-hydroxylation sites is 2. The Morgan fingerprint density at radius 1 is 1.16 bits per heavy atom. The molecule has 0 bridgehead atoms. The van der Waals surface area contributed by atoms with Crippen molar-refractivity contribution in [2.45, 2.75) is 31.8 Å². The fourth-order valence-electron chi connectivity index (χ4n) is 3.87. The molecule has 0 spiro atoms. The third-order valence-corrected chi connectivity index (χ3v) is 5.13. The quantitative estimate of drug-likeness (QED) is 0.798. The second-order valence-corrected chi connectivity index (χ2v) is 6.72. The normalized spacial score (nSPS) is 19.6. The van der Waals surface area contributed by atoms with Gasteiger partial charge in [-0.1, -0.05) is 42.5 Å². The van der Waals surface area contributed by atoms with E-state index in [4.69, 9.17) is 5.73 Å². The Bertz CT molecular complexity index is 932. The number of anilines is 1. The molecule has 4 heteroatoms. The molecule has 1 amide bonds. The summed E-state index contributed by atoms with van der Waals surface area (Å²) in [5, 5.41) is 1.15. The Labute approximate surface area is 147 Å². The summed E-state index contributed by atoms with van der Waals surface area (Å²) in [5.41, 5.74) is 10.00. The number of carbonyl (C=O) groups excluding carboxylic acids is 1. The Hall–Kier alpha value is -2.88. The third kappa shape index (κ3) is 2.74. The first-order valence-electron chi connectivity index (χ1n) is 8.62. The summed E-state index contributed by atoms with van der Waals surface area (Å²) >= 11 is 0. The van der Waals surface area contributed by atoms with Crippen LogP contribution in [-0.2, 0) is 11.3 Å². The number of nitrogens with zero attached hydrogens (tertiary/aromatic N) is 2. The van der Waals surface area contributed by atoms with E-state index in [1.807, 2.05) is 30.5 Å². The van der Waals surface area contributed by atoms with Gasteiger partial charge < -0.3 is 10.6 Å². The standard InChI is InChI=1S/C21H21N3O/c1-14-12-18(21(22)25)17-9-2-3-10-19(17)24(14)13-16-7-4-6-15-8-5-11-23-20(15)16/h2-11,14,18H,12-13H2,1H3,(H2,22,25)/t14-,18+/m0/s1. The molecule has 0 aliphatic carbocycles. The number of rotatable bonds is 3. The maximum atomic E-state index is 11.9. The van der Waals surface area contributed by atoms with Gasteiger partial charge in [0.15, 0.2) is 0 Å². The molecule has 2 N–H and O–H groups in total. The lowest BCUT2D eigenvalue weighted by molar-refractivity contribution is -0.119. The molecule has 4 nitrogen and oxygen atoms in total. The van der Waals surface area contributed by atoms with E-state index in [2.05, 4.69) is 47.1 Å². The van der Waals surface area contributed by atoms with Gasteiger partial charge in [0, 0.05) is 29.9 Å². The minimum absolute atomic E-state index is 0.215. The number of pyridine rings is 1. The summed E-state index contributed by atoms with van der Waals surface area (Å²) in [5.74, 6) is -0.459. The number of carbonyl (C=O) groups is 1. The Morgan fingerprint density at radius 3 is 2.80 bits per heavy atom. The molecule has 0 fully saturated rings. The number of hydrogen-bond acceptors (Lipinski definition) is 3. The lowest BCUT2D eigenvalue weighted by Crippen LogP contribution is -2.41. The number of aromatic nitrogens is 1. The maximum absolute atomic E-state index is 11.9. The highest BCUT2D eigenvalue weighted by Crippen LogP contribution is 2.39. The highest BCUT2D eigenvalue weighted by atomic mass is 16.1. The highest BCUT2D eigenvalue weighted by molar-refractivity contribution is 5.86. The van der Waals surface area contributed by atoms with Gasteiger partial charge in [-0.3, -0.25) is 9.78 Å². The number of nitrogens with two attached hydrogens (primary N) is 1. The number of fused-ring (bicyclic) bond motifs is 2. The molecule has 1 aliphatic heterocycles. The summed E-state index contributed by atoms with van der Waals surface area (Å²) in [4.78, 5) is 18.8. The Kier molecular flexibility index (Phi) is 3.88. The van der Waals surface area contributed by atoms with Crippen LogP contribution in [0.15, 0.2) is 60.8 Å². The first-order valence-corrected chi connectivity index (χ1v) is 8.62. The monoisotopic (exact) mass is 331 g/mol. The zero-order valence-electron chi connectivity index (χ0n) is 14.2. The van der Waals surface area contributed by atoms with Crippen molar-refractivity contribution in [1.82, 2.24) is 4.98 Å². The van der Waals surface area contributed by atoms with Gasteiger partial charge in [0.2, 0.25) is 5.91 Å². The van der Waals surface area contributed by atoms with Gasteiger partial charge in [0.25, 0.3) is 0 Å². The van der Waals surface area contributed by atoms with E-state index in [1.54, 1.807) is 0 Å². The lowest BCUT2D eigenvalue weighted by atomic mass is 9.85. The van der Waals surface area contributed by atoms with Crippen LogP contribution in [0.25, 0.3) is 10.9 Å². The van der Waals surface area contributed by atoms with E-state index in [1.165, 1.54) is 5.56 Å². The minimum atomic E-state index is -0.245. The fourth-order valence-corrected chi connectivity index (χ4v) is 3.87. The molecule has 2 aromatic carbocycles. The van der Waals surface area contributed by atoms with Crippen molar-refractivity contribution in [2.24, 2.45) is 5.73 Å². The molecule has 1 aromatic heterocycles. The SMILES string of the molecule is C[C@H]1C[C@@H](C(N)=O)c2ccccc2N1Cc1cccc2cccnc12. The smallest absolute Gasteiger partial charge is 0.225 e. The van der Waals surface area contributed by atoms with E-state index >= 15 is 0 Å². The number of primary amides is 1. The van der Waals surface area contributed by atoms with E-state index < -0.39 is 0 Å². The van der Waals surface area contributed by atoms with Crippen LogP contribution >= 0.6 is 0 Å². The van der Waals surface area contributed by atoms with Gasteiger partial charge in [-0.2, -0.15) is 0 Å². The Balaban J connectivity index is 1.77. The van der Waals surface area contributed by atoms with Crippen molar-refractivity contribution < 1.29 is 4.79 Å². The van der Waals surface area contributed by atoms with E-state index in [-0.39, 0.29) is 17.9 Å². The van der Waals surface area contributed by atoms with Crippen LogP contribution in [-0.4, -0.2) is 16.9 Å². The van der Waals surface area contributed by atoms with Gasteiger partial charge in [-0.05, 0) is 36.6 Å². The van der Waals surface area contributed by atoms with Crippen LogP contribution in [0.4, 0.5) is 5.69 Å². The summed E-state index contributed by atoms with van der Waals surface area (Å²) in [7, 11) is 0. The van der Waals surface area contributed by atoms with Crippen molar-refractivity contribution in [3.8, 4) is 0 Å². The van der Waals surface area contributed by atoms with Crippen molar-refractivity contribution >= 4 is 22.5 Å². The van der Waals surface area contributed by atoms with Crippen molar-refractivity contribution in [1.29, 1.82) is 0 Å². The van der Waals surface area contributed by atoms with Crippen LogP contribution in [0, 0.1) is 0 Å². The second-order valence-electron chi connectivity index (χ2n) is 6.72. The Morgan fingerprint density at radius 2 is 1.96 bits per heavy atom. The topological polar surface area (TPSA) is 59.2 Å². The van der Waals surface area contributed by atoms with Crippen LogP contribution in [0.1, 0.15) is 30.4 Å². The molecular formula is C21H21N3O. The third-order valence-electron chi connectivity index (χ3n) is 5.13. The molecule has 0 unspecified atom stereocenters. The van der Waals surface area contributed by atoms with Crippen molar-refractivity contribution in [2.75, 3.05) is 4.90 Å². The molecule has 0 saturated heterocycles. The van der Waals surface area contributed by atoms with Crippen LogP contribution in [0.2, 0.25) is 0 Å². The van der Waals surface area contributed by atoms with Crippen molar-refractivity contribution in [3.05, 3.63) is 71.9 Å². The zero-order chi connectivity index (χ0) is 17.4. The molecule has 126 valence electrons. The first-order chi connectivity index (χ1) is 12.1. The van der Waals surface area contributed by atoms with Crippen LogP contribution in [0.3, 0.4) is 0 Å². The summed E-state index contributed by atoms with van der Waals surface area (Å²) in [6, 6.07) is 18.7. The summed E-state index contributed by atoms with van der Waals surface area (Å²) < 4.78 is 0. The number of benzene rings is 2. The lowest BCUT2D eigenvalue weighted by Gasteiger charge is -2.40. The molecule has 2 heterocycles. The summed E-state index contributed by atoms with van der Waals surface area (Å²) in [6.07, 6.45) is 2.58. The molecule has 25 heavy (non-hydrogen) atoms.